The topological polar surface area (TPSA) is 26.3 Å². The molecule has 0 unspecified atom stereocenters. The van der Waals surface area contributed by atoms with Gasteiger partial charge in [0, 0.05) is 6.42 Å². The molecule has 0 N–H and O–H groups in total. The summed E-state index contributed by atoms with van der Waals surface area (Å²) in [5.74, 6) is 0.933. The molecule has 0 saturated heterocycles. The Labute approximate surface area is 103 Å². The molecule has 0 atom stereocenters. The van der Waals surface area contributed by atoms with E-state index in [1.807, 2.05) is 31.2 Å². The summed E-state index contributed by atoms with van der Waals surface area (Å²) in [4.78, 5) is 11.8. The van der Waals surface area contributed by atoms with Crippen LogP contribution in [0.5, 0.6) is 5.75 Å². The van der Waals surface area contributed by atoms with Crippen LogP contribution in [0.4, 0.5) is 0 Å². The van der Waals surface area contributed by atoms with Gasteiger partial charge < -0.3 is 4.74 Å². The maximum atomic E-state index is 11.8. The number of ether oxygens (including phenoxy) is 1. The number of benzene rings is 1. The Bertz CT molecular complexity index is 378. The second kappa shape index (κ2) is 5.85. The standard InChI is InChI=1S/C15H20O2/c1-2-14(16)13-10-6-7-11-15(13)17-12-8-4-3-5-9-12/h6-7,10-12H,2-5,8-9H2,1H3. The van der Waals surface area contributed by atoms with Gasteiger partial charge >= 0.3 is 0 Å². The van der Waals surface area contributed by atoms with Gasteiger partial charge in [0.2, 0.25) is 0 Å². The van der Waals surface area contributed by atoms with E-state index in [9.17, 15) is 4.79 Å². The molecule has 2 heteroatoms. The average molecular weight is 232 g/mol. The SMILES string of the molecule is CCC(=O)c1ccccc1OC1CCCCC1. The molecule has 1 aromatic carbocycles. The van der Waals surface area contributed by atoms with Gasteiger partial charge in [-0.25, -0.2) is 0 Å². The minimum Gasteiger partial charge on any atom is -0.490 e. The summed E-state index contributed by atoms with van der Waals surface area (Å²) in [5, 5.41) is 0. The zero-order chi connectivity index (χ0) is 12.1. The molecule has 17 heavy (non-hydrogen) atoms. The molecule has 1 aliphatic carbocycles. The molecule has 2 nitrogen and oxygen atoms in total. The first-order valence-corrected chi connectivity index (χ1v) is 6.60. The van der Waals surface area contributed by atoms with Gasteiger partial charge in [-0.15, -0.1) is 0 Å². The van der Waals surface area contributed by atoms with Crippen molar-refractivity contribution in [2.45, 2.75) is 51.6 Å². The van der Waals surface area contributed by atoms with Crippen molar-refractivity contribution in [2.24, 2.45) is 0 Å². The molecule has 0 radical (unpaired) electrons. The van der Waals surface area contributed by atoms with Crippen LogP contribution in [-0.2, 0) is 0 Å². The fraction of sp³-hybridized carbons (Fsp3) is 0.533. The fourth-order valence-corrected chi connectivity index (χ4v) is 2.35. The van der Waals surface area contributed by atoms with E-state index in [1.54, 1.807) is 0 Å². The van der Waals surface area contributed by atoms with Gasteiger partial charge in [-0.2, -0.15) is 0 Å². The van der Waals surface area contributed by atoms with Crippen molar-refractivity contribution in [3.05, 3.63) is 29.8 Å². The molecule has 0 aromatic heterocycles. The third kappa shape index (κ3) is 3.09. The molecule has 92 valence electrons. The lowest BCUT2D eigenvalue weighted by atomic mass is 9.97. The number of carbonyl (C=O) groups is 1. The van der Waals surface area contributed by atoms with E-state index in [0.717, 1.165) is 24.2 Å². The van der Waals surface area contributed by atoms with Gasteiger partial charge in [-0.3, -0.25) is 4.79 Å². The molecule has 0 spiro atoms. The van der Waals surface area contributed by atoms with Crippen LogP contribution in [0, 0.1) is 0 Å². The van der Waals surface area contributed by atoms with Crippen LogP contribution in [0.1, 0.15) is 55.8 Å². The largest absolute Gasteiger partial charge is 0.490 e. The fourth-order valence-electron chi connectivity index (χ4n) is 2.35. The van der Waals surface area contributed by atoms with Gasteiger partial charge in [0.25, 0.3) is 0 Å². The zero-order valence-electron chi connectivity index (χ0n) is 10.4. The normalized spacial score (nSPS) is 16.8. The van der Waals surface area contributed by atoms with Crippen molar-refractivity contribution in [1.82, 2.24) is 0 Å². The van der Waals surface area contributed by atoms with E-state index in [-0.39, 0.29) is 5.78 Å². The highest BCUT2D eigenvalue weighted by molar-refractivity contribution is 5.98. The molecular formula is C15H20O2. The number of hydrogen-bond donors (Lipinski definition) is 0. The lowest BCUT2D eigenvalue weighted by Gasteiger charge is -2.24. The molecule has 2 rings (SSSR count). The lowest BCUT2D eigenvalue weighted by molar-refractivity contribution is 0.0976. The Hall–Kier alpha value is -1.31. The van der Waals surface area contributed by atoms with Crippen LogP contribution in [0.3, 0.4) is 0 Å². The van der Waals surface area contributed by atoms with Gasteiger partial charge in [-0.05, 0) is 37.8 Å². The zero-order valence-corrected chi connectivity index (χ0v) is 10.4. The van der Waals surface area contributed by atoms with Crippen molar-refractivity contribution < 1.29 is 9.53 Å². The van der Waals surface area contributed by atoms with Crippen molar-refractivity contribution in [3.63, 3.8) is 0 Å². The minimum absolute atomic E-state index is 0.163. The van der Waals surface area contributed by atoms with E-state index >= 15 is 0 Å². The molecule has 1 saturated carbocycles. The Kier molecular flexibility index (Phi) is 4.18. The number of hydrogen-bond acceptors (Lipinski definition) is 2. The number of carbonyl (C=O) groups excluding carboxylic acids is 1. The molecule has 0 amide bonds. The second-order valence-corrected chi connectivity index (χ2v) is 4.65. The molecule has 0 aliphatic heterocycles. The van der Waals surface area contributed by atoms with Crippen LogP contribution in [0.2, 0.25) is 0 Å². The Morgan fingerprint density at radius 2 is 1.94 bits per heavy atom. The van der Waals surface area contributed by atoms with Gasteiger partial charge in [0.05, 0.1) is 11.7 Å². The first-order chi connectivity index (χ1) is 8.31. The summed E-state index contributed by atoms with van der Waals surface area (Å²) in [7, 11) is 0. The quantitative estimate of drug-likeness (QED) is 0.734. The van der Waals surface area contributed by atoms with Crippen molar-refractivity contribution in [1.29, 1.82) is 0 Å². The number of ketones is 1. The molecule has 0 heterocycles. The van der Waals surface area contributed by atoms with Crippen molar-refractivity contribution >= 4 is 5.78 Å². The summed E-state index contributed by atoms with van der Waals surface area (Å²) in [6.07, 6.45) is 6.88. The van der Waals surface area contributed by atoms with E-state index in [1.165, 1.54) is 19.3 Å². The highest BCUT2D eigenvalue weighted by atomic mass is 16.5. The lowest BCUT2D eigenvalue weighted by Crippen LogP contribution is -2.20. The second-order valence-electron chi connectivity index (χ2n) is 4.65. The highest BCUT2D eigenvalue weighted by Crippen LogP contribution is 2.26. The average Bonchev–Trinajstić information content (AvgIpc) is 2.40. The molecule has 1 aromatic rings. The van der Waals surface area contributed by atoms with Gasteiger partial charge in [0.1, 0.15) is 5.75 Å². The predicted octanol–water partition coefficient (Wildman–Crippen LogP) is 3.99. The highest BCUT2D eigenvalue weighted by Gasteiger charge is 2.17. The minimum atomic E-state index is 0.163. The summed E-state index contributed by atoms with van der Waals surface area (Å²) in [6.45, 7) is 1.89. The van der Waals surface area contributed by atoms with Gasteiger partial charge in [-0.1, -0.05) is 25.5 Å². The Morgan fingerprint density at radius 3 is 2.65 bits per heavy atom. The maximum Gasteiger partial charge on any atom is 0.166 e. The monoisotopic (exact) mass is 232 g/mol. The van der Waals surface area contributed by atoms with Gasteiger partial charge in [0.15, 0.2) is 5.78 Å². The third-order valence-corrected chi connectivity index (χ3v) is 3.35. The summed E-state index contributed by atoms with van der Waals surface area (Å²) < 4.78 is 5.99. The van der Waals surface area contributed by atoms with Crippen LogP contribution in [0.25, 0.3) is 0 Å². The molecule has 0 bridgehead atoms. The Morgan fingerprint density at radius 1 is 1.24 bits per heavy atom. The number of rotatable bonds is 4. The van der Waals surface area contributed by atoms with Crippen molar-refractivity contribution in [3.8, 4) is 5.75 Å². The van der Waals surface area contributed by atoms with E-state index < -0.39 is 0 Å². The van der Waals surface area contributed by atoms with E-state index in [4.69, 9.17) is 4.74 Å². The van der Waals surface area contributed by atoms with Crippen LogP contribution >= 0.6 is 0 Å². The maximum absolute atomic E-state index is 11.8. The first kappa shape index (κ1) is 12.2. The smallest absolute Gasteiger partial charge is 0.166 e. The Balaban J connectivity index is 2.11. The summed E-state index contributed by atoms with van der Waals surface area (Å²) in [6, 6.07) is 7.61. The number of Topliss-reactive ketones (excluding diaryl/α,β-unsaturated/α-hetero) is 1. The molecule has 1 aliphatic rings. The summed E-state index contributed by atoms with van der Waals surface area (Å²) in [5.41, 5.74) is 0.737. The van der Waals surface area contributed by atoms with E-state index in [0.29, 0.717) is 12.5 Å². The van der Waals surface area contributed by atoms with Crippen molar-refractivity contribution in [2.75, 3.05) is 0 Å². The number of para-hydroxylation sites is 1. The van der Waals surface area contributed by atoms with Crippen LogP contribution < -0.4 is 4.74 Å². The molecular weight excluding hydrogens is 212 g/mol. The molecule has 1 fully saturated rings. The third-order valence-electron chi connectivity index (χ3n) is 3.35. The summed E-state index contributed by atoms with van der Waals surface area (Å²) >= 11 is 0. The van der Waals surface area contributed by atoms with E-state index in [2.05, 4.69) is 0 Å². The van der Waals surface area contributed by atoms with Crippen LogP contribution in [-0.4, -0.2) is 11.9 Å². The predicted molar refractivity (Wildman–Crippen MR) is 68.6 cm³/mol. The first-order valence-electron chi connectivity index (χ1n) is 6.60. The van der Waals surface area contributed by atoms with Crippen LogP contribution in [0.15, 0.2) is 24.3 Å².